The van der Waals surface area contributed by atoms with Crippen molar-refractivity contribution >= 4 is 5.91 Å². The van der Waals surface area contributed by atoms with Crippen LogP contribution in [0, 0.1) is 5.92 Å². The van der Waals surface area contributed by atoms with Gasteiger partial charge in [-0.3, -0.25) is 4.79 Å². The lowest BCUT2D eigenvalue weighted by atomic mass is 9.93. The highest BCUT2D eigenvalue weighted by Crippen LogP contribution is 2.17. The number of carbonyl (C=O) groups excluding carboxylic acids is 1. The Hall–Kier alpha value is -1.55. The number of benzene rings is 1. The SMILES string of the molecule is COc1ccc(CNC(=O)CCC2CCNCC2)cc1. The van der Waals surface area contributed by atoms with Gasteiger partial charge in [0.1, 0.15) is 5.75 Å². The smallest absolute Gasteiger partial charge is 0.220 e. The standard InChI is InChI=1S/C16H24N2O2/c1-20-15-5-2-14(3-6-15)12-18-16(19)7-4-13-8-10-17-11-9-13/h2-3,5-6,13,17H,4,7-12H2,1H3,(H,18,19). The molecule has 1 aliphatic heterocycles. The second-order valence-corrected chi connectivity index (χ2v) is 5.36. The number of amides is 1. The van der Waals surface area contributed by atoms with Crippen LogP contribution in [0.15, 0.2) is 24.3 Å². The monoisotopic (exact) mass is 276 g/mol. The Bertz CT molecular complexity index is 411. The molecule has 0 aliphatic carbocycles. The third-order valence-corrected chi connectivity index (χ3v) is 3.89. The average Bonchev–Trinajstić information content (AvgIpc) is 2.52. The van der Waals surface area contributed by atoms with Gasteiger partial charge >= 0.3 is 0 Å². The lowest BCUT2D eigenvalue weighted by Gasteiger charge is -2.22. The predicted octanol–water partition coefficient (Wildman–Crippen LogP) is 2.09. The normalized spacial score (nSPS) is 15.8. The zero-order valence-corrected chi connectivity index (χ0v) is 12.2. The third kappa shape index (κ3) is 4.85. The van der Waals surface area contributed by atoms with Gasteiger partial charge < -0.3 is 15.4 Å². The van der Waals surface area contributed by atoms with Crippen molar-refractivity contribution in [2.45, 2.75) is 32.2 Å². The summed E-state index contributed by atoms with van der Waals surface area (Å²) in [6.45, 7) is 2.78. The first kappa shape index (κ1) is 14.9. The van der Waals surface area contributed by atoms with E-state index in [2.05, 4.69) is 10.6 Å². The summed E-state index contributed by atoms with van der Waals surface area (Å²) in [6, 6.07) is 7.78. The van der Waals surface area contributed by atoms with Crippen molar-refractivity contribution in [1.82, 2.24) is 10.6 Å². The molecule has 1 aromatic carbocycles. The average molecular weight is 276 g/mol. The minimum atomic E-state index is 0.152. The van der Waals surface area contributed by atoms with Gasteiger partial charge in [-0.2, -0.15) is 0 Å². The second kappa shape index (κ2) is 7.90. The van der Waals surface area contributed by atoms with Crippen LogP contribution >= 0.6 is 0 Å². The number of rotatable bonds is 6. The van der Waals surface area contributed by atoms with Crippen molar-refractivity contribution < 1.29 is 9.53 Å². The molecule has 2 rings (SSSR count). The minimum absolute atomic E-state index is 0.152. The second-order valence-electron chi connectivity index (χ2n) is 5.36. The van der Waals surface area contributed by atoms with Gasteiger partial charge in [-0.05, 0) is 56.0 Å². The molecule has 1 heterocycles. The van der Waals surface area contributed by atoms with Crippen molar-refractivity contribution in [3.05, 3.63) is 29.8 Å². The summed E-state index contributed by atoms with van der Waals surface area (Å²) < 4.78 is 5.11. The van der Waals surface area contributed by atoms with Crippen LogP contribution in [0.4, 0.5) is 0 Å². The number of hydrogen-bond donors (Lipinski definition) is 2. The quantitative estimate of drug-likeness (QED) is 0.836. The van der Waals surface area contributed by atoms with Gasteiger partial charge in [-0.1, -0.05) is 12.1 Å². The van der Waals surface area contributed by atoms with Gasteiger partial charge in [-0.15, -0.1) is 0 Å². The van der Waals surface area contributed by atoms with Crippen molar-refractivity contribution in [1.29, 1.82) is 0 Å². The Kier molecular flexibility index (Phi) is 5.87. The van der Waals surface area contributed by atoms with Crippen LogP contribution in [-0.2, 0) is 11.3 Å². The zero-order valence-electron chi connectivity index (χ0n) is 12.2. The first-order valence-corrected chi connectivity index (χ1v) is 7.38. The number of methoxy groups -OCH3 is 1. The molecule has 0 atom stereocenters. The van der Waals surface area contributed by atoms with Gasteiger partial charge in [0.05, 0.1) is 7.11 Å². The van der Waals surface area contributed by atoms with Crippen molar-refractivity contribution in [3.63, 3.8) is 0 Å². The van der Waals surface area contributed by atoms with E-state index in [0.29, 0.717) is 18.9 Å². The van der Waals surface area contributed by atoms with E-state index in [1.165, 1.54) is 12.8 Å². The molecule has 110 valence electrons. The van der Waals surface area contributed by atoms with E-state index in [0.717, 1.165) is 30.8 Å². The number of piperidine rings is 1. The summed E-state index contributed by atoms with van der Waals surface area (Å²) in [7, 11) is 1.65. The Morgan fingerprint density at radius 2 is 2.00 bits per heavy atom. The van der Waals surface area contributed by atoms with Crippen LogP contribution in [0.25, 0.3) is 0 Å². The Balaban J connectivity index is 1.66. The molecule has 2 N–H and O–H groups in total. The van der Waals surface area contributed by atoms with Crippen LogP contribution in [0.1, 0.15) is 31.2 Å². The highest BCUT2D eigenvalue weighted by Gasteiger charge is 2.14. The van der Waals surface area contributed by atoms with E-state index in [9.17, 15) is 4.79 Å². The molecule has 0 saturated carbocycles. The lowest BCUT2D eigenvalue weighted by molar-refractivity contribution is -0.121. The molecule has 1 saturated heterocycles. The van der Waals surface area contributed by atoms with Gasteiger partial charge in [0, 0.05) is 13.0 Å². The highest BCUT2D eigenvalue weighted by atomic mass is 16.5. The van der Waals surface area contributed by atoms with Gasteiger partial charge in [-0.25, -0.2) is 0 Å². The van der Waals surface area contributed by atoms with E-state index in [1.54, 1.807) is 7.11 Å². The first-order valence-electron chi connectivity index (χ1n) is 7.38. The minimum Gasteiger partial charge on any atom is -0.497 e. The Morgan fingerprint density at radius 3 is 2.65 bits per heavy atom. The molecule has 0 aromatic heterocycles. The number of nitrogens with one attached hydrogen (secondary N) is 2. The molecule has 0 spiro atoms. The van der Waals surface area contributed by atoms with Crippen LogP contribution in [0.2, 0.25) is 0 Å². The van der Waals surface area contributed by atoms with Crippen LogP contribution in [0.5, 0.6) is 5.75 Å². The molecule has 1 aromatic rings. The molecular weight excluding hydrogens is 252 g/mol. The summed E-state index contributed by atoms with van der Waals surface area (Å²) in [5.41, 5.74) is 1.10. The zero-order chi connectivity index (χ0) is 14.2. The summed E-state index contributed by atoms with van der Waals surface area (Å²) in [5, 5.41) is 6.33. The van der Waals surface area contributed by atoms with E-state index < -0.39 is 0 Å². The van der Waals surface area contributed by atoms with E-state index in [1.807, 2.05) is 24.3 Å². The fourth-order valence-electron chi connectivity index (χ4n) is 2.54. The summed E-state index contributed by atoms with van der Waals surface area (Å²) in [6.07, 6.45) is 4.05. The molecule has 20 heavy (non-hydrogen) atoms. The third-order valence-electron chi connectivity index (χ3n) is 3.89. The summed E-state index contributed by atoms with van der Waals surface area (Å²) in [4.78, 5) is 11.8. The van der Waals surface area contributed by atoms with Crippen molar-refractivity contribution in [2.24, 2.45) is 5.92 Å². The molecule has 1 fully saturated rings. The molecule has 0 unspecified atom stereocenters. The maximum atomic E-state index is 11.8. The summed E-state index contributed by atoms with van der Waals surface area (Å²) in [5.74, 6) is 1.70. The highest BCUT2D eigenvalue weighted by molar-refractivity contribution is 5.75. The molecule has 0 radical (unpaired) electrons. The van der Waals surface area contributed by atoms with Crippen LogP contribution in [-0.4, -0.2) is 26.1 Å². The Labute approximate surface area is 120 Å². The number of carbonyl (C=O) groups is 1. The van der Waals surface area contributed by atoms with Crippen molar-refractivity contribution in [3.8, 4) is 5.75 Å². The fourth-order valence-corrected chi connectivity index (χ4v) is 2.54. The maximum absolute atomic E-state index is 11.8. The topological polar surface area (TPSA) is 50.4 Å². The van der Waals surface area contributed by atoms with Crippen LogP contribution < -0.4 is 15.4 Å². The Morgan fingerprint density at radius 1 is 1.30 bits per heavy atom. The number of hydrogen-bond acceptors (Lipinski definition) is 3. The summed E-state index contributed by atoms with van der Waals surface area (Å²) >= 11 is 0. The van der Waals surface area contributed by atoms with Crippen LogP contribution in [0.3, 0.4) is 0 Å². The van der Waals surface area contributed by atoms with Crippen molar-refractivity contribution in [2.75, 3.05) is 20.2 Å². The predicted molar refractivity (Wildman–Crippen MR) is 79.7 cm³/mol. The molecule has 1 amide bonds. The van der Waals surface area contributed by atoms with E-state index in [-0.39, 0.29) is 5.91 Å². The maximum Gasteiger partial charge on any atom is 0.220 e. The van der Waals surface area contributed by atoms with Gasteiger partial charge in [0.15, 0.2) is 0 Å². The molecule has 4 nitrogen and oxygen atoms in total. The molecule has 0 bridgehead atoms. The fraction of sp³-hybridized carbons (Fsp3) is 0.562. The number of ether oxygens (including phenoxy) is 1. The van der Waals surface area contributed by atoms with E-state index in [4.69, 9.17) is 4.74 Å². The first-order chi connectivity index (χ1) is 9.78. The molecule has 4 heteroatoms. The van der Waals surface area contributed by atoms with E-state index >= 15 is 0 Å². The van der Waals surface area contributed by atoms with Gasteiger partial charge in [0.2, 0.25) is 5.91 Å². The van der Waals surface area contributed by atoms with Gasteiger partial charge in [0.25, 0.3) is 0 Å². The molecule has 1 aliphatic rings. The largest absolute Gasteiger partial charge is 0.497 e. The molecular formula is C16H24N2O2. The lowest BCUT2D eigenvalue weighted by Crippen LogP contribution is -2.29.